The van der Waals surface area contributed by atoms with Crippen molar-refractivity contribution in [2.45, 2.75) is 32.1 Å². The number of rotatable bonds is 7. The number of methoxy groups -OCH3 is 1. The Morgan fingerprint density at radius 2 is 2.12 bits per heavy atom. The Morgan fingerprint density at radius 3 is 2.80 bits per heavy atom. The van der Waals surface area contributed by atoms with Gasteiger partial charge in [-0.25, -0.2) is 0 Å². The van der Waals surface area contributed by atoms with Crippen molar-refractivity contribution >= 4 is 11.8 Å². The third kappa shape index (κ3) is 6.11. The lowest BCUT2D eigenvalue weighted by atomic mass is 9.96. The molecule has 1 aliphatic rings. The smallest absolute Gasteiger partial charge is 0.236 e. The van der Waals surface area contributed by atoms with Crippen LogP contribution in [-0.4, -0.2) is 43.5 Å². The molecule has 1 aliphatic heterocycles. The number of hydrogen-bond acceptors (Lipinski definition) is 4. The van der Waals surface area contributed by atoms with Gasteiger partial charge in [0.1, 0.15) is 12.2 Å². The van der Waals surface area contributed by atoms with Crippen LogP contribution in [0.3, 0.4) is 0 Å². The van der Waals surface area contributed by atoms with E-state index in [4.69, 9.17) is 10.00 Å². The first-order chi connectivity index (χ1) is 12.1. The Morgan fingerprint density at radius 1 is 1.36 bits per heavy atom. The van der Waals surface area contributed by atoms with Crippen LogP contribution in [0.4, 0.5) is 0 Å². The van der Waals surface area contributed by atoms with Gasteiger partial charge in [0.2, 0.25) is 11.8 Å². The third-order valence-electron chi connectivity index (χ3n) is 4.56. The van der Waals surface area contributed by atoms with Gasteiger partial charge in [0, 0.05) is 26.1 Å². The minimum absolute atomic E-state index is 0.0470. The van der Waals surface area contributed by atoms with Crippen LogP contribution in [0, 0.1) is 17.2 Å². The molecule has 6 heteroatoms. The number of nitrogens with zero attached hydrogens (tertiary/aromatic N) is 2. The predicted molar refractivity (Wildman–Crippen MR) is 93.9 cm³/mol. The molecule has 0 spiro atoms. The number of ether oxygens (including phenoxy) is 1. The molecule has 1 heterocycles. The maximum absolute atomic E-state index is 12.0. The minimum Gasteiger partial charge on any atom is -0.497 e. The summed E-state index contributed by atoms with van der Waals surface area (Å²) in [7, 11) is 1.63. The number of amides is 2. The van der Waals surface area contributed by atoms with Crippen LogP contribution < -0.4 is 10.1 Å². The standard InChI is InChI=1S/C19H25N3O3/c1-25-17-4-2-3-15(13-17)5-6-18(23)21-14-16-8-11-22(12-9-16)19(24)7-10-20/h2-4,13,16H,5-9,11-12,14H2,1H3,(H,21,23). The van der Waals surface area contributed by atoms with E-state index in [0.29, 0.717) is 38.4 Å². The summed E-state index contributed by atoms with van der Waals surface area (Å²) in [5.74, 6) is 1.15. The van der Waals surface area contributed by atoms with Crippen LogP contribution >= 0.6 is 0 Å². The third-order valence-corrected chi connectivity index (χ3v) is 4.56. The fourth-order valence-corrected chi connectivity index (χ4v) is 3.00. The average Bonchev–Trinajstić information content (AvgIpc) is 2.65. The van der Waals surface area contributed by atoms with E-state index in [1.165, 1.54) is 0 Å². The van der Waals surface area contributed by atoms with Gasteiger partial charge in [0.05, 0.1) is 13.2 Å². The highest BCUT2D eigenvalue weighted by Gasteiger charge is 2.22. The monoisotopic (exact) mass is 343 g/mol. The van der Waals surface area contributed by atoms with E-state index < -0.39 is 0 Å². The van der Waals surface area contributed by atoms with Crippen LogP contribution in [0.1, 0.15) is 31.2 Å². The molecular weight excluding hydrogens is 318 g/mol. The molecule has 0 atom stereocenters. The first kappa shape index (κ1) is 18.8. The van der Waals surface area contributed by atoms with Crippen molar-refractivity contribution in [1.82, 2.24) is 10.2 Å². The highest BCUT2D eigenvalue weighted by molar-refractivity contribution is 5.78. The van der Waals surface area contributed by atoms with Gasteiger partial charge in [-0.05, 0) is 42.9 Å². The van der Waals surface area contributed by atoms with Crippen LogP contribution in [0.25, 0.3) is 0 Å². The van der Waals surface area contributed by atoms with Crippen molar-refractivity contribution in [2.24, 2.45) is 5.92 Å². The number of likely N-dealkylation sites (tertiary alicyclic amines) is 1. The maximum Gasteiger partial charge on any atom is 0.236 e. The fraction of sp³-hybridized carbons (Fsp3) is 0.526. The molecule has 1 aromatic rings. The lowest BCUT2D eigenvalue weighted by Gasteiger charge is -2.31. The van der Waals surface area contributed by atoms with E-state index >= 15 is 0 Å². The van der Waals surface area contributed by atoms with E-state index in [1.54, 1.807) is 12.0 Å². The van der Waals surface area contributed by atoms with E-state index in [0.717, 1.165) is 24.2 Å². The Labute approximate surface area is 148 Å². The molecule has 0 bridgehead atoms. The van der Waals surface area contributed by atoms with Crippen LogP contribution in [0.15, 0.2) is 24.3 Å². The molecule has 2 rings (SSSR count). The van der Waals surface area contributed by atoms with Gasteiger partial charge in [-0.3, -0.25) is 9.59 Å². The van der Waals surface area contributed by atoms with Crippen LogP contribution in [0.5, 0.6) is 5.75 Å². The summed E-state index contributed by atoms with van der Waals surface area (Å²) >= 11 is 0. The fourth-order valence-electron chi connectivity index (χ4n) is 3.00. The SMILES string of the molecule is COc1cccc(CCC(=O)NCC2CCN(C(=O)CC#N)CC2)c1. The number of hydrogen-bond donors (Lipinski definition) is 1. The zero-order valence-corrected chi connectivity index (χ0v) is 14.7. The Kier molecular flexibility index (Phi) is 7.27. The van der Waals surface area contributed by atoms with Gasteiger partial charge >= 0.3 is 0 Å². The number of nitriles is 1. The second kappa shape index (κ2) is 9.67. The second-order valence-corrected chi connectivity index (χ2v) is 6.31. The first-order valence-electron chi connectivity index (χ1n) is 8.66. The molecule has 134 valence electrons. The highest BCUT2D eigenvalue weighted by atomic mass is 16.5. The van der Waals surface area contributed by atoms with Crippen molar-refractivity contribution in [3.05, 3.63) is 29.8 Å². The largest absolute Gasteiger partial charge is 0.497 e. The van der Waals surface area contributed by atoms with Crippen LogP contribution in [0.2, 0.25) is 0 Å². The highest BCUT2D eigenvalue weighted by Crippen LogP contribution is 2.17. The normalized spacial score (nSPS) is 14.6. The van der Waals surface area contributed by atoms with Crippen molar-refractivity contribution < 1.29 is 14.3 Å². The Hall–Kier alpha value is -2.55. The van der Waals surface area contributed by atoms with Gasteiger partial charge in [-0.2, -0.15) is 5.26 Å². The van der Waals surface area contributed by atoms with E-state index in [-0.39, 0.29) is 18.2 Å². The summed E-state index contributed by atoms with van der Waals surface area (Å²) in [5.41, 5.74) is 1.08. The summed E-state index contributed by atoms with van der Waals surface area (Å²) in [5, 5.41) is 11.6. The Bertz CT molecular complexity index is 631. The molecule has 0 saturated carbocycles. The molecule has 1 N–H and O–H groups in total. The van der Waals surface area contributed by atoms with Crippen molar-refractivity contribution in [3.8, 4) is 11.8 Å². The quantitative estimate of drug-likeness (QED) is 0.820. The van der Waals surface area contributed by atoms with Crippen molar-refractivity contribution in [3.63, 3.8) is 0 Å². The molecule has 0 aliphatic carbocycles. The lowest BCUT2D eigenvalue weighted by Crippen LogP contribution is -2.41. The van der Waals surface area contributed by atoms with Crippen molar-refractivity contribution in [1.29, 1.82) is 5.26 Å². The topological polar surface area (TPSA) is 82.4 Å². The zero-order valence-electron chi connectivity index (χ0n) is 14.7. The van der Waals surface area contributed by atoms with Gasteiger partial charge in [-0.1, -0.05) is 12.1 Å². The number of carbonyl (C=O) groups is 2. The number of piperidine rings is 1. The predicted octanol–water partition coefficient (Wildman–Crippen LogP) is 1.90. The summed E-state index contributed by atoms with van der Waals surface area (Å²) in [6.07, 6.45) is 2.82. The number of nitrogens with one attached hydrogen (secondary N) is 1. The van der Waals surface area contributed by atoms with Gasteiger partial charge in [-0.15, -0.1) is 0 Å². The second-order valence-electron chi connectivity index (χ2n) is 6.31. The number of aryl methyl sites for hydroxylation is 1. The van der Waals surface area contributed by atoms with E-state index in [1.807, 2.05) is 30.3 Å². The lowest BCUT2D eigenvalue weighted by molar-refractivity contribution is -0.131. The van der Waals surface area contributed by atoms with E-state index in [9.17, 15) is 9.59 Å². The van der Waals surface area contributed by atoms with Gasteiger partial charge in [0.15, 0.2) is 0 Å². The number of carbonyl (C=O) groups excluding carboxylic acids is 2. The average molecular weight is 343 g/mol. The molecule has 2 amide bonds. The summed E-state index contributed by atoms with van der Waals surface area (Å²) in [4.78, 5) is 25.4. The molecule has 6 nitrogen and oxygen atoms in total. The molecule has 0 radical (unpaired) electrons. The molecule has 0 aromatic heterocycles. The van der Waals surface area contributed by atoms with E-state index in [2.05, 4.69) is 5.32 Å². The Balaban J connectivity index is 1.65. The summed E-state index contributed by atoms with van der Waals surface area (Å²) < 4.78 is 5.18. The molecule has 25 heavy (non-hydrogen) atoms. The summed E-state index contributed by atoms with van der Waals surface area (Å²) in [6, 6.07) is 9.64. The minimum atomic E-state index is -0.0942. The first-order valence-corrected chi connectivity index (χ1v) is 8.66. The number of benzene rings is 1. The van der Waals surface area contributed by atoms with Crippen molar-refractivity contribution in [2.75, 3.05) is 26.7 Å². The summed E-state index contributed by atoms with van der Waals surface area (Å²) in [6.45, 7) is 1.99. The van der Waals surface area contributed by atoms with Gasteiger partial charge in [0.25, 0.3) is 0 Å². The molecule has 1 saturated heterocycles. The molecule has 1 fully saturated rings. The molecule has 0 unspecified atom stereocenters. The molecule has 1 aromatic carbocycles. The van der Waals surface area contributed by atoms with Gasteiger partial charge < -0.3 is 15.0 Å². The van der Waals surface area contributed by atoms with Crippen LogP contribution in [-0.2, 0) is 16.0 Å². The zero-order chi connectivity index (χ0) is 18.1. The maximum atomic E-state index is 12.0. The molecular formula is C19H25N3O3.